The fourth-order valence-electron chi connectivity index (χ4n) is 3.78. The molecule has 3 rings (SSSR count). The lowest BCUT2D eigenvalue weighted by Gasteiger charge is -2.20. The highest BCUT2D eigenvalue weighted by atomic mass is 16.5. The molecule has 1 atom stereocenters. The van der Waals surface area contributed by atoms with E-state index in [0.717, 1.165) is 31.0 Å². The van der Waals surface area contributed by atoms with Crippen LogP contribution in [0.2, 0.25) is 0 Å². The Kier molecular flexibility index (Phi) is 7.75. The van der Waals surface area contributed by atoms with Crippen LogP contribution in [0.25, 0.3) is 0 Å². The molecule has 3 aromatic carbocycles. The summed E-state index contributed by atoms with van der Waals surface area (Å²) in [5.74, 6) is 2.10. The molecule has 0 radical (unpaired) electrons. The average molecular weight is 406 g/mol. The molecule has 0 saturated heterocycles. The summed E-state index contributed by atoms with van der Waals surface area (Å²) in [6, 6.07) is 25.5. The van der Waals surface area contributed by atoms with Crippen molar-refractivity contribution in [1.29, 1.82) is 0 Å². The maximum absolute atomic E-state index is 5.66. The quantitative estimate of drug-likeness (QED) is 0.517. The van der Waals surface area contributed by atoms with E-state index in [-0.39, 0.29) is 5.92 Å². The van der Waals surface area contributed by atoms with Crippen LogP contribution in [0.15, 0.2) is 72.8 Å². The summed E-state index contributed by atoms with van der Waals surface area (Å²) >= 11 is 0. The molecule has 0 saturated carbocycles. The topological polar surface area (TPSA) is 38.3 Å². The summed E-state index contributed by atoms with van der Waals surface area (Å²) in [4.78, 5) is 2.13. The van der Waals surface area contributed by atoms with Crippen LogP contribution < -0.4 is 19.7 Å². The summed E-state index contributed by atoms with van der Waals surface area (Å²) in [5.41, 5.74) is 5.09. The van der Waals surface area contributed by atoms with Crippen LogP contribution in [0, 0.1) is 0 Å². The molecule has 3 aromatic rings. The van der Waals surface area contributed by atoms with Gasteiger partial charge in [-0.05, 0) is 35.9 Å². The fourth-order valence-corrected chi connectivity index (χ4v) is 3.78. The average Bonchev–Trinajstić information content (AvgIpc) is 2.79. The first-order valence-corrected chi connectivity index (χ1v) is 10.5. The Hall–Kier alpha value is -2.98. The Balaban J connectivity index is 1.69. The zero-order valence-corrected chi connectivity index (χ0v) is 18.5. The maximum Gasteiger partial charge on any atom is 0.122 e. The van der Waals surface area contributed by atoms with E-state index in [1.165, 1.54) is 22.4 Å². The predicted molar refractivity (Wildman–Crippen MR) is 124 cm³/mol. The third-order valence-electron chi connectivity index (χ3n) is 5.52. The van der Waals surface area contributed by atoms with Crippen LogP contribution in [-0.4, -0.2) is 34.9 Å². The molecule has 0 unspecified atom stereocenters. The van der Waals surface area contributed by atoms with Crippen molar-refractivity contribution in [2.45, 2.75) is 18.9 Å². The largest absolute Gasteiger partial charge is 0.497 e. The van der Waals surface area contributed by atoms with E-state index >= 15 is 0 Å². The second kappa shape index (κ2) is 10.7. The van der Waals surface area contributed by atoms with E-state index < -0.39 is 0 Å². The molecule has 0 heterocycles. The van der Waals surface area contributed by atoms with Crippen LogP contribution in [-0.2, 0) is 6.54 Å². The van der Waals surface area contributed by atoms with E-state index in [1.807, 2.05) is 24.3 Å². The van der Waals surface area contributed by atoms with E-state index in [0.29, 0.717) is 0 Å². The van der Waals surface area contributed by atoms with Gasteiger partial charge in [0, 0.05) is 43.2 Å². The van der Waals surface area contributed by atoms with Crippen LogP contribution in [0.5, 0.6) is 11.5 Å². The molecule has 0 aliphatic carbocycles. The van der Waals surface area contributed by atoms with Crippen LogP contribution in [0.1, 0.15) is 29.0 Å². The van der Waals surface area contributed by atoms with Gasteiger partial charge in [0.15, 0.2) is 0 Å². The molecule has 158 valence electrons. The number of benzene rings is 3. The number of hydrogen-bond acceptors (Lipinski definition) is 3. The molecular weight excluding hydrogens is 372 g/mol. The predicted octanol–water partition coefficient (Wildman–Crippen LogP) is 4.06. The van der Waals surface area contributed by atoms with Gasteiger partial charge in [0.05, 0.1) is 20.8 Å². The van der Waals surface area contributed by atoms with Gasteiger partial charge in [-0.25, -0.2) is 0 Å². The van der Waals surface area contributed by atoms with E-state index in [1.54, 1.807) is 14.2 Å². The summed E-state index contributed by atoms with van der Waals surface area (Å²) in [6.07, 6.45) is 1.03. The summed E-state index contributed by atoms with van der Waals surface area (Å²) < 4.78 is 11.0. The lowest BCUT2D eigenvalue weighted by atomic mass is 9.88. The van der Waals surface area contributed by atoms with Crippen molar-refractivity contribution in [3.63, 3.8) is 0 Å². The molecule has 30 heavy (non-hydrogen) atoms. The fraction of sp³-hybridized carbons (Fsp3) is 0.308. The van der Waals surface area contributed by atoms with Crippen molar-refractivity contribution >= 4 is 5.69 Å². The van der Waals surface area contributed by atoms with Crippen molar-refractivity contribution in [1.82, 2.24) is 0 Å². The van der Waals surface area contributed by atoms with Gasteiger partial charge in [0.1, 0.15) is 18.0 Å². The van der Waals surface area contributed by atoms with Crippen LogP contribution in [0.4, 0.5) is 5.69 Å². The smallest absolute Gasteiger partial charge is 0.122 e. The third-order valence-corrected chi connectivity index (χ3v) is 5.52. The van der Waals surface area contributed by atoms with Crippen LogP contribution in [0.3, 0.4) is 0 Å². The summed E-state index contributed by atoms with van der Waals surface area (Å²) in [7, 11) is 7.58. The zero-order valence-electron chi connectivity index (χ0n) is 18.5. The number of nitrogens with zero attached hydrogens (tertiary/aromatic N) is 1. The minimum atomic E-state index is 0.277. The van der Waals surface area contributed by atoms with Gasteiger partial charge in [-0.2, -0.15) is 0 Å². The first kappa shape index (κ1) is 21.7. The normalized spacial score (nSPS) is 11.7. The molecule has 0 aliphatic heterocycles. The molecule has 0 aliphatic rings. The highest BCUT2D eigenvalue weighted by molar-refractivity contribution is 5.46. The molecule has 4 nitrogen and oxygen atoms in total. The second-order valence-electron chi connectivity index (χ2n) is 7.70. The van der Waals surface area contributed by atoms with Crippen molar-refractivity contribution in [2.75, 3.05) is 39.8 Å². The summed E-state index contributed by atoms with van der Waals surface area (Å²) in [6.45, 7) is 2.01. The first-order valence-electron chi connectivity index (χ1n) is 10.5. The SMILES string of the molecule is COc1ccc([C@@H](CC[NH2+]Cc2ccc(N(C)C)cc2)c2ccccc2OC)cc1. The number of ether oxygens (including phenoxy) is 2. The monoisotopic (exact) mass is 405 g/mol. The number of para-hydroxylation sites is 1. The highest BCUT2D eigenvalue weighted by Crippen LogP contribution is 2.34. The van der Waals surface area contributed by atoms with Gasteiger partial charge in [-0.3, -0.25) is 0 Å². The standard InChI is InChI=1S/C26H32N2O2/c1-28(2)22-13-9-20(10-14-22)19-27-18-17-24(21-11-15-23(29-3)16-12-21)25-7-5-6-8-26(25)30-4/h5-16,24,27H,17-19H2,1-4H3/p+1/t24-/m1/s1. The van der Waals surface area contributed by atoms with Crippen LogP contribution >= 0.6 is 0 Å². The second-order valence-corrected chi connectivity index (χ2v) is 7.70. The molecule has 0 spiro atoms. The van der Waals surface area contributed by atoms with Gasteiger partial charge in [0.2, 0.25) is 0 Å². The number of hydrogen-bond donors (Lipinski definition) is 1. The molecular formula is C26H33N2O2+. The summed E-state index contributed by atoms with van der Waals surface area (Å²) in [5, 5.41) is 2.39. The number of anilines is 1. The zero-order chi connectivity index (χ0) is 21.3. The minimum absolute atomic E-state index is 0.277. The van der Waals surface area contributed by atoms with E-state index in [9.17, 15) is 0 Å². The highest BCUT2D eigenvalue weighted by Gasteiger charge is 2.19. The Bertz CT molecular complexity index is 905. The van der Waals surface area contributed by atoms with Gasteiger partial charge in [0.25, 0.3) is 0 Å². The van der Waals surface area contributed by atoms with E-state index in [4.69, 9.17) is 9.47 Å². The van der Waals surface area contributed by atoms with E-state index in [2.05, 4.69) is 72.8 Å². The van der Waals surface area contributed by atoms with Crippen molar-refractivity contribution in [3.8, 4) is 11.5 Å². The Morgan fingerprint density at radius 1 is 0.833 bits per heavy atom. The van der Waals surface area contributed by atoms with Gasteiger partial charge < -0.3 is 19.7 Å². The molecule has 0 amide bonds. The molecule has 4 heteroatoms. The van der Waals surface area contributed by atoms with Gasteiger partial charge >= 0.3 is 0 Å². The number of quaternary nitrogens is 1. The van der Waals surface area contributed by atoms with Gasteiger partial charge in [-0.15, -0.1) is 0 Å². The lowest BCUT2D eigenvalue weighted by molar-refractivity contribution is -0.671. The lowest BCUT2D eigenvalue weighted by Crippen LogP contribution is -2.82. The molecule has 2 N–H and O–H groups in total. The number of methoxy groups -OCH3 is 2. The Morgan fingerprint density at radius 2 is 1.53 bits per heavy atom. The molecule has 0 bridgehead atoms. The van der Waals surface area contributed by atoms with Crippen molar-refractivity contribution in [3.05, 3.63) is 89.5 Å². The van der Waals surface area contributed by atoms with Gasteiger partial charge in [-0.1, -0.05) is 42.5 Å². The Labute approximate surface area is 180 Å². The third kappa shape index (κ3) is 5.55. The number of nitrogens with two attached hydrogens (primary N) is 1. The maximum atomic E-state index is 5.66. The first-order chi connectivity index (χ1) is 14.6. The van der Waals surface area contributed by atoms with Crippen molar-refractivity contribution < 1.29 is 14.8 Å². The minimum Gasteiger partial charge on any atom is -0.497 e. The Morgan fingerprint density at radius 3 is 2.17 bits per heavy atom. The number of rotatable bonds is 10. The molecule has 0 aromatic heterocycles. The molecule has 0 fully saturated rings. The van der Waals surface area contributed by atoms with Crippen molar-refractivity contribution in [2.24, 2.45) is 0 Å².